The van der Waals surface area contributed by atoms with Gasteiger partial charge in [-0.3, -0.25) is 0 Å². The second-order valence-electron chi connectivity index (χ2n) is 5.50. The van der Waals surface area contributed by atoms with E-state index in [1.54, 1.807) is 0 Å². The highest BCUT2D eigenvalue weighted by Gasteiger charge is 2.31. The second kappa shape index (κ2) is 5.72. The molecule has 2 fully saturated rings. The van der Waals surface area contributed by atoms with Crippen LogP contribution in [0.2, 0.25) is 0 Å². The molecular formula is C15H20BrNO. The van der Waals surface area contributed by atoms with Gasteiger partial charge in [-0.2, -0.15) is 0 Å². The Hall–Kier alpha value is -0.380. The highest BCUT2D eigenvalue weighted by atomic mass is 79.9. The van der Waals surface area contributed by atoms with Gasteiger partial charge in [-0.05, 0) is 43.4 Å². The highest BCUT2D eigenvalue weighted by Crippen LogP contribution is 2.26. The van der Waals surface area contributed by atoms with E-state index >= 15 is 0 Å². The van der Waals surface area contributed by atoms with Crippen LogP contribution >= 0.6 is 15.9 Å². The summed E-state index contributed by atoms with van der Waals surface area (Å²) in [6.07, 6.45) is 5.01. The average Bonchev–Trinajstić information content (AvgIpc) is 3.18. The minimum atomic E-state index is 0.625. The molecule has 0 spiro atoms. The molecule has 1 saturated heterocycles. The van der Waals surface area contributed by atoms with Gasteiger partial charge in [0.05, 0.1) is 6.61 Å². The molecule has 2 nitrogen and oxygen atoms in total. The van der Waals surface area contributed by atoms with E-state index in [9.17, 15) is 0 Å². The molecule has 3 rings (SSSR count). The lowest BCUT2D eigenvalue weighted by atomic mass is 9.89. The minimum Gasteiger partial charge on any atom is -0.381 e. The van der Waals surface area contributed by atoms with Crippen molar-refractivity contribution in [2.75, 3.05) is 13.2 Å². The van der Waals surface area contributed by atoms with Gasteiger partial charge in [0.2, 0.25) is 0 Å². The van der Waals surface area contributed by atoms with Gasteiger partial charge in [-0.15, -0.1) is 0 Å². The largest absolute Gasteiger partial charge is 0.381 e. The lowest BCUT2D eigenvalue weighted by Crippen LogP contribution is -2.44. The molecule has 0 amide bonds. The predicted molar refractivity (Wildman–Crippen MR) is 76.7 cm³/mol. The quantitative estimate of drug-likeness (QED) is 0.922. The molecule has 1 aliphatic carbocycles. The Morgan fingerprint density at radius 3 is 2.67 bits per heavy atom. The maximum Gasteiger partial charge on any atom is 0.0512 e. The number of hydrogen-bond acceptors (Lipinski definition) is 2. The molecule has 1 saturated carbocycles. The molecule has 0 aromatic heterocycles. The summed E-state index contributed by atoms with van der Waals surface area (Å²) in [7, 11) is 0. The van der Waals surface area contributed by atoms with Crippen molar-refractivity contribution in [3.05, 3.63) is 34.3 Å². The number of hydrogen-bond donors (Lipinski definition) is 1. The van der Waals surface area contributed by atoms with Gasteiger partial charge < -0.3 is 10.1 Å². The van der Waals surface area contributed by atoms with Crippen LogP contribution in [0.1, 0.15) is 24.8 Å². The van der Waals surface area contributed by atoms with Gasteiger partial charge in [-0.1, -0.05) is 28.1 Å². The Morgan fingerprint density at radius 2 is 1.94 bits per heavy atom. The van der Waals surface area contributed by atoms with Crippen LogP contribution in [-0.2, 0) is 11.2 Å². The van der Waals surface area contributed by atoms with Crippen LogP contribution in [0.4, 0.5) is 0 Å². The summed E-state index contributed by atoms with van der Waals surface area (Å²) in [5.41, 5.74) is 1.41. The first-order valence-corrected chi connectivity index (χ1v) is 7.69. The Labute approximate surface area is 117 Å². The van der Waals surface area contributed by atoms with Crippen LogP contribution in [0, 0.1) is 5.92 Å². The molecule has 0 unspecified atom stereocenters. The van der Waals surface area contributed by atoms with Gasteiger partial charge in [-0.25, -0.2) is 0 Å². The first-order valence-electron chi connectivity index (χ1n) is 6.89. The lowest BCUT2D eigenvalue weighted by molar-refractivity contribution is 0.0316. The fourth-order valence-electron chi connectivity index (χ4n) is 2.69. The van der Waals surface area contributed by atoms with Gasteiger partial charge in [0, 0.05) is 29.1 Å². The molecule has 2 aliphatic rings. The molecule has 98 valence electrons. The van der Waals surface area contributed by atoms with Gasteiger partial charge >= 0.3 is 0 Å². The first-order chi connectivity index (χ1) is 8.81. The number of halogens is 1. The van der Waals surface area contributed by atoms with E-state index in [0.29, 0.717) is 12.0 Å². The third kappa shape index (κ3) is 3.34. The predicted octanol–water partition coefficient (Wildman–Crippen LogP) is 3.15. The van der Waals surface area contributed by atoms with Crippen molar-refractivity contribution < 1.29 is 4.74 Å². The number of benzene rings is 1. The standard InChI is InChI=1S/C15H20BrNO/c16-13-3-1-11(2-4-13)9-12-10-18-8-7-15(12)17-14-5-6-14/h1-4,12,14-15,17H,5-10H2/t12-,15+/m1/s1. The van der Waals surface area contributed by atoms with Crippen LogP contribution in [0.15, 0.2) is 28.7 Å². The van der Waals surface area contributed by atoms with E-state index in [4.69, 9.17) is 4.74 Å². The summed E-state index contributed by atoms with van der Waals surface area (Å²) in [6.45, 7) is 1.82. The zero-order chi connectivity index (χ0) is 12.4. The molecule has 3 heteroatoms. The van der Waals surface area contributed by atoms with E-state index < -0.39 is 0 Å². The van der Waals surface area contributed by atoms with Gasteiger partial charge in [0.15, 0.2) is 0 Å². The molecule has 1 aliphatic heterocycles. The summed E-state index contributed by atoms with van der Waals surface area (Å²) in [5, 5.41) is 3.79. The van der Waals surface area contributed by atoms with Crippen molar-refractivity contribution >= 4 is 15.9 Å². The Kier molecular flexibility index (Phi) is 4.02. The van der Waals surface area contributed by atoms with E-state index in [0.717, 1.165) is 36.6 Å². The molecule has 2 atom stereocenters. The molecule has 1 heterocycles. The SMILES string of the molecule is Brc1ccc(C[C@@H]2COCC[C@@H]2NC2CC2)cc1. The normalized spacial score (nSPS) is 28.3. The minimum absolute atomic E-state index is 0.625. The number of nitrogens with one attached hydrogen (secondary N) is 1. The number of ether oxygens (including phenoxy) is 1. The van der Waals surface area contributed by atoms with Gasteiger partial charge in [0.25, 0.3) is 0 Å². The zero-order valence-electron chi connectivity index (χ0n) is 10.6. The monoisotopic (exact) mass is 309 g/mol. The van der Waals surface area contributed by atoms with E-state index in [1.165, 1.54) is 18.4 Å². The van der Waals surface area contributed by atoms with Crippen molar-refractivity contribution in [2.45, 2.75) is 37.8 Å². The van der Waals surface area contributed by atoms with Crippen LogP contribution in [0.25, 0.3) is 0 Å². The highest BCUT2D eigenvalue weighted by molar-refractivity contribution is 9.10. The van der Waals surface area contributed by atoms with Crippen molar-refractivity contribution in [1.29, 1.82) is 0 Å². The van der Waals surface area contributed by atoms with E-state index in [-0.39, 0.29) is 0 Å². The first kappa shape index (κ1) is 12.6. The Morgan fingerprint density at radius 1 is 1.17 bits per heavy atom. The van der Waals surface area contributed by atoms with Crippen LogP contribution in [-0.4, -0.2) is 25.3 Å². The molecular weight excluding hydrogens is 290 g/mol. The summed E-state index contributed by atoms with van der Waals surface area (Å²) in [5.74, 6) is 0.625. The maximum absolute atomic E-state index is 5.66. The third-order valence-corrected chi connectivity index (χ3v) is 4.44. The fraction of sp³-hybridized carbons (Fsp3) is 0.600. The fourth-order valence-corrected chi connectivity index (χ4v) is 2.96. The molecule has 1 aromatic rings. The van der Waals surface area contributed by atoms with Crippen LogP contribution in [0.5, 0.6) is 0 Å². The Bertz CT molecular complexity index is 388. The van der Waals surface area contributed by atoms with Gasteiger partial charge in [0.1, 0.15) is 0 Å². The molecule has 18 heavy (non-hydrogen) atoms. The van der Waals surface area contributed by atoms with Crippen molar-refractivity contribution in [3.63, 3.8) is 0 Å². The van der Waals surface area contributed by atoms with Crippen molar-refractivity contribution in [3.8, 4) is 0 Å². The molecule has 1 N–H and O–H groups in total. The number of rotatable bonds is 4. The molecule has 1 aromatic carbocycles. The second-order valence-corrected chi connectivity index (χ2v) is 6.42. The lowest BCUT2D eigenvalue weighted by Gasteiger charge is -2.32. The smallest absolute Gasteiger partial charge is 0.0512 e. The maximum atomic E-state index is 5.66. The van der Waals surface area contributed by atoms with Crippen molar-refractivity contribution in [1.82, 2.24) is 5.32 Å². The molecule has 0 bridgehead atoms. The third-order valence-electron chi connectivity index (χ3n) is 3.91. The Balaban J connectivity index is 1.62. The van der Waals surface area contributed by atoms with E-state index in [1.807, 2.05) is 0 Å². The van der Waals surface area contributed by atoms with Crippen LogP contribution < -0.4 is 5.32 Å². The average molecular weight is 310 g/mol. The van der Waals surface area contributed by atoms with Crippen molar-refractivity contribution in [2.24, 2.45) is 5.92 Å². The summed E-state index contributed by atoms with van der Waals surface area (Å²) >= 11 is 3.49. The summed E-state index contributed by atoms with van der Waals surface area (Å²) in [6, 6.07) is 10.1. The summed E-state index contributed by atoms with van der Waals surface area (Å²) in [4.78, 5) is 0. The van der Waals surface area contributed by atoms with E-state index in [2.05, 4.69) is 45.5 Å². The molecule has 0 radical (unpaired) electrons. The zero-order valence-corrected chi connectivity index (χ0v) is 12.2. The van der Waals surface area contributed by atoms with Crippen LogP contribution in [0.3, 0.4) is 0 Å². The summed E-state index contributed by atoms with van der Waals surface area (Å²) < 4.78 is 6.81. The topological polar surface area (TPSA) is 21.3 Å².